The van der Waals surface area contributed by atoms with Crippen molar-refractivity contribution >= 4 is 136 Å². The second-order valence-electron chi connectivity index (χ2n) is 18.9. The highest BCUT2D eigenvalue weighted by Gasteiger charge is 2.26. The summed E-state index contributed by atoms with van der Waals surface area (Å²) in [6, 6.07) is 75.0. The Bertz CT molecular complexity index is 4650. The third-order valence-electron chi connectivity index (χ3n) is 14.8. The molecule has 1 aliphatic heterocycles. The molecular weight excluding hydrogens is 871 g/mol. The summed E-state index contributed by atoms with van der Waals surface area (Å²) in [4.78, 5) is 11.5. The summed E-state index contributed by atoms with van der Waals surface area (Å²) >= 11 is 1.84. The van der Waals surface area contributed by atoms with Gasteiger partial charge in [-0.15, -0.1) is 11.3 Å². The van der Waals surface area contributed by atoms with Crippen molar-refractivity contribution in [1.82, 2.24) is 4.57 Å². The van der Waals surface area contributed by atoms with E-state index in [9.17, 15) is 0 Å². The highest BCUT2D eigenvalue weighted by Crippen LogP contribution is 2.45. The molecule has 0 N–H and O–H groups in total. The molecule has 15 rings (SSSR count). The molecular formula is C65H41N3OS. The average Bonchev–Trinajstić information content (AvgIpc) is 4.07. The molecule has 0 radical (unpaired) electrons. The van der Waals surface area contributed by atoms with Crippen LogP contribution in [0.2, 0.25) is 0 Å². The van der Waals surface area contributed by atoms with Crippen LogP contribution < -0.4 is 0 Å². The molecule has 0 saturated carbocycles. The van der Waals surface area contributed by atoms with Gasteiger partial charge in [-0.25, -0.2) is 9.98 Å². The molecule has 1 unspecified atom stereocenters. The van der Waals surface area contributed by atoms with E-state index in [2.05, 4.69) is 224 Å². The molecule has 4 nitrogen and oxygen atoms in total. The van der Waals surface area contributed by atoms with Crippen molar-refractivity contribution in [2.24, 2.45) is 15.9 Å². The zero-order chi connectivity index (χ0) is 46.0. The number of thiophene rings is 1. The van der Waals surface area contributed by atoms with Gasteiger partial charge in [-0.2, -0.15) is 0 Å². The number of hydrogen-bond acceptors (Lipinski definition) is 4. The van der Waals surface area contributed by atoms with Crippen LogP contribution in [0.4, 0.5) is 0 Å². The molecule has 0 aliphatic carbocycles. The molecule has 0 bridgehead atoms. The van der Waals surface area contributed by atoms with Crippen LogP contribution in [0.1, 0.15) is 30.0 Å². The molecule has 70 heavy (non-hydrogen) atoms. The minimum absolute atomic E-state index is 0.0676. The van der Waals surface area contributed by atoms with Crippen molar-refractivity contribution in [3.05, 3.63) is 229 Å². The molecule has 0 saturated heterocycles. The monoisotopic (exact) mass is 911 g/mol. The first kappa shape index (κ1) is 39.4. The van der Waals surface area contributed by atoms with Gasteiger partial charge < -0.3 is 8.98 Å². The number of aliphatic imine (C=N–C) groups is 2. The Morgan fingerprint density at radius 2 is 1.11 bits per heavy atom. The Morgan fingerprint density at radius 1 is 0.457 bits per heavy atom. The molecule has 5 heteroatoms. The number of allylic oxidation sites excluding steroid dienone is 1. The fourth-order valence-electron chi connectivity index (χ4n) is 11.5. The standard InChI is InChI=1S/C65H41N3OS/c1-38-25-30-54(66-65(50-23-12-18-39-13-4-7-19-45(39)50)67-64(38)44-26-29-49-48-22-10-11-24-60(48)70-61(49)35-44)51-37-59-53(63-47-21-9-6-15-41(47)28-32-58(63)69-59)36-57(51)68-55-31-27-40-14-5-8-20-46(40)62(55)52-33-42-16-2-3-17-43(42)34-56(52)68/h2-24,26-38H,25H2,1H3/b54-30+,66-65-,67-64+. The predicted octanol–water partition coefficient (Wildman–Crippen LogP) is 18.0. The Hall–Kier alpha value is -8.64. The summed E-state index contributed by atoms with van der Waals surface area (Å²) in [6.07, 6.45) is 3.08. The number of rotatable bonds is 4. The van der Waals surface area contributed by atoms with Gasteiger partial charge in [0.2, 0.25) is 0 Å². The van der Waals surface area contributed by atoms with Crippen molar-refractivity contribution in [2.45, 2.75) is 13.3 Å². The maximum atomic E-state index is 6.92. The normalized spacial score (nSPS) is 16.9. The lowest BCUT2D eigenvalue weighted by Gasteiger charge is -2.21. The van der Waals surface area contributed by atoms with Gasteiger partial charge in [0.1, 0.15) is 11.2 Å². The predicted molar refractivity (Wildman–Crippen MR) is 299 cm³/mol. The van der Waals surface area contributed by atoms with Crippen molar-refractivity contribution in [3.63, 3.8) is 0 Å². The summed E-state index contributed by atoms with van der Waals surface area (Å²) < 4.78 is 12.0. The Kier molecular flexibility index (Phi) is 8.54. The van der Waals surface area contributed by atoms with Gasteiger partial charge >= 0.3 is 0 Å². The van der Waals surface area contributed by atoms with Crippen LogP contribution in [0.3, 0.4) is 0 Å². The number of hydrogen-bond donors (Lipinski definition) is 0. The largest absolute Gasteiger partial charge is 0.456 e. The van der Waals surface area contributed by atoms with E-state index in [4.69, 9.17) is 14.4 Å². The van der Waals surface area contributed by atoms with Crippen LogP contribution in [0.15, 0.2) is 227 Å². The fraction of sp³-hybridized carbons (Fsp3) is 0.0462. The SMILES string of the molecule is CC1C/C=C(c2cc3oc4ccc5ccccc5c4c3cc2-n2c3cc4ccccc4cc3c3c4ccccc4ccc32)/N=C(c2cccc3ccccc23)\N=C/1c1ccc2c(c1)sc1ccccc12. The molecule has 11 aromatic carbocycles. The average molecular weight is 912 g/mol. The summed E-state index contributed by atoms with van der Waals surface area (Å²) in [5.41, 5.74) is 9.97. The van der Waals surface area contributed by atoms with E-state index in [1.54, 1.807) is 0 Å². The van der Waals surface area contributed by atoms with E-state index in [-0.39, 0.29) is 5.92 Å². The Balaban J connectivity index is 1.05. The van der Waals surface area contributed by atoms with E-state index >= 15 is 0 Å². The van der Waals surface area contributed by atoms with Gasteiger partial charge in [-0.1, -0.05) is 171 Å². The van der Waals surface area contributed by atoms with Gasteiger partial charge in [-0.05, 0) is 104 Å². The lowest BCUT2D eigenvalue weighted by Crippen LogP contribution is -2.17. The number of furan rings is 1. The van der Waals surface area contributed by atoms with Crippen LogP contribution in [0, 0.1) is 5.92 Å². The third-order valence-corrected chi connectivity index (χ3v) is 15.9. The number of fused-ring (bicyclic) bond motifs is 15. The molecule has 1 atom stereocenters. The molecule has 0 fully saturated rings. The highest BCUT2D eigenvalue weighted by atomic mass is 32.1. The molecule has 328 valence electrons. The Morgan fingerprint density at radius 3 is 1.93 bits per heavy atom. The van der Waals surface area contributed by atoms with Gasteiger partial charge in [0.25, 0.3) is 0 Å². The van der Waals surface area contributed by atoms with E-state index in [1.165, 1.54) is 63.3 Å². The van der Waals surface area contributed by atoms with Gasteiger partial charge in [0.15, 0.2) is 5.84 Å². The fourth-order valence-corrected chi connectivity index (χ4v) is 12.6. The van der Waals surface area contributed by atoms with Crippen LogP contribution in [0.25, 0.3) is 118 Å². The smallest absolute Gasteiger partial charge is 0.160 e. The van der Waals surface area contributed by atoms with E-state index in [0.29, 0.717) is 5.84 Å². The van der Waals surface area contributed by atoms with Crippen LogP contribution in [-0.4, -0.2) is 16.1 Å². The summed E-state index contributed by atoms with van der Waals surface area (Å²) in [5.74, 6) is 0.750. The van der Waals surface area contributed by atoms with Crippen molar-refractivity contribution in [1.29, 1.82) is 0 Å². The summed E-state index contributed by atoms with van der Waals surface area (Å²) in [7, 11) is 0. The van der Waals surface area contributed by atoms with Gasteiger partial charge in [-0.3, -0.25) is 0 Å². The van der Waals surface area contributed by atoms with Gasteiger partial charge in [0, 0.05) is 58.8 Å². The molecule has 4 heterocycles. The van der Waals surface area contributed by atoms with Crippen molar-refractivity contribution in [2.75, 3.05) is 0 Å². The molecule has 0 amide bonds. The minimum Gasteiger partial charge on any atom is -0.456 e. The molecule has 1 aliphatic rings. The number of aromatic nitrogens is 1. The minimum atomic E-state index is 0.0676. The lowest BCUT2D eigenvalue weighted by molar-refractivity contribution is 0.669. The first-order chi connectivity index (χ1) is 34.6. The lowest BCUT2D eigenvalue weighted by atomic mass is 9.92. The molecule has 14 aromatic rings. The number of benzene rings is 11. The molecule has 3 aromatic heterocycles. The molecule has 0 spiro atoms. The maximum absolute atomic E-state index is 6.92. The highest BCUT2D eigenvalue weighted by molar-refractivity contribution is 7.25. The first-order valence-electron chi connectivity index (χ1n) is 24.1. The van der Waals surface area contributed by atoms with E-state index in [1.807, 2.05) is 11.3 Å². The summed E-state index contributed by atoms with van der Waals surface area (Å²) in [5, 5.41) is 16.7. The van der Waals surface area contributed by atoms with Crippen molar-refractivity contribution in [3.8, 4) is 5.69 Å². The van der Waals surface area contributed by atoms with E-state index < -0.39 is 0 Å². The zero-order valence-electron chi connectivity index (χ0n) is 38.1. The zero-order valence-corrected chi connectivity index (χ0v) is 39.0. The quantitative estimate of drug-likeness (QED) is 0.173. The Labute approximate surface area is 406 Å². The first-order valence-corrected chi connectivity index (χ1v) is 24.9. The van der Waals surface area contributed by atoms with Gasteiger partial charge in [0.05, 0.1) is 28.1 Å². The second-order valence-corrected chi connectivity index (χ2v) is 19.9. The van der Waals surface area contributed by atoms with E-state index in [0.717, 1.165) is 84.0 Å². The topological polar surface area (TPSA) is 42.8 Å². The van der Waals surface area contributed by atoms with Crippen LogP contribution >= 0.6 is 11.3 Å². The number of amidine groups is 1. The van der Waals surface area contributed by atoms with Crippen LogP contribution in [-0.2, 0) is 0 Å². The van der Waals surface area contributed by atoms with Crippen molar-refractivity contribution < 1.29 is 4.42 Å². The number of nitrogens with zero attached hydrogens (tertiary/aromatic N) is 3. The summed E-state index contributed by atoms with van der Waals surface area (Å²) in [6.45, 7) is 2.31. The van der Waals surface area contributed by atoms with Crippen LogP contribution in [0.5, 0.6) is 0 Å². The third kappa shape index (κ3) is 5.95. The maximum Gasteiger partial charge on any atom is 0.160 e. The second kappa shape index (κ2) is 15.2.